The lowest BCUT2D eigenvalue weighted by Crippen LogP contribution is -2.47. The van der Waals surface area contributed by atoms with Crippen LogP contribution in [0.5, 0.6) is 0 Å². The topological polar surface area (TPSA) is 41.4 Å². The first-order chi connectivity index (χ1) is 11.5. The summed E-state index contributed by atoms with van der Waals surface area (Å²) in [5.74, 6) is 2.69. The average molecular weight is 332 g/mol. The number of nitrogens with zero attached hydrogens (tertiary/aromatic N) is 4. The van der Waals surface area contributed by atoms with Crippen LogP contribution in [0.25, 0.3) is 0 Å². The van der Waals surface area contributed by atoms with E-state index in [1.807, 2.05) is 6.20 Å². The number of hydrogen-bond donors (Lipinski definition) is 0. The predicted octanol–water partition coefficient (Wildman–Crippen LogP) is 2.93. The molecule has 2 heterocycles. The number of aromatic nitrogens is 2. The molecule has 1 atom stereocenters. The van der Waals surface area contributed by atoms with Crippen LogP contribution in [0, 0.1) is 11.8 Å². The minimum atomic E-state index is 0.322. The van der Waals surface area contributed by atoms with Gasteiger partial charge in [0.2, 0.25) is 5.91 Å². The van der Waals surface area contributed by atoms with Crippen LogP contribution < -0.4 is 0 Å². The zero-order valence-corrected chi connectivity index (χ0v) is 15.6. The number of hydrogen-bond acceptors (Lipinski definition) is 3. The van der Waals surface area contributed by atoms with Gasteiger partial charge in [-0.05, 0) is 38.5 Å². The molecule has 3 rings (SSSR count). The molecular weight excluding hydrogens is 300 g/mol. The maximum Gasteiger partial charge on any atom is 0.224 e. The van der Waals surface area contributed by atoms with E-state index in [1.165, 1.54) is 12.8 Å². The van der Waals surface area contributed by atoms with Gasteiger partial charge in [-0.3, -0.25) is 9.69 Å². The molecule has 0 spiro atoms. The van der Waals surface area contributed by atoms with E-state index in [4.69, 9.17) is 0 Å². The van der Waals surface area contributed by atoms with E-state index in [-0.39, 0.29) is 0 Å². The Balaban J connectivity index is 1.73. The van der Waals surface area contributed by atoms with E-state index in [1.54, 1.807) is 0 Å². The number of amides is 1. The summed E-state index contributed by atoms with van der Waals surface area (Å²) in [5, 5.41) is 0. The van der Waals surface area contributed by atoms with Crippen molar-refractivity contribution >= 4 is 5.91 Å². The van der Waals surface area contributed by atoms with E-state index < -0.39 is 0 Å². The minimum Gasteiger partial charge on any atom is -0.338 e. The molecular formula is C19H32N4O. The van der Waals surface area contributed by atoms with Crippen LogP contribution in [0.2, 0.25) is 0 Å². The minimum absolute atomic E-state index is 0.322. The van der Waals surface area contributed by atoms with Crippen molar-refractivity contribution in [3.8, 4) is 0 Å². The summed E-state index contributed by atoms with van der Waals surface area (Å²) in [4.78, 5) is 21.9. The van der Waals surface area contributed by atoms with Crippen molar-refractivity contribution in [2.24, 2.45) is 11.8 Å². The van der Waals surface area contributed by atoms with Gasteiger partial charge in [0, 0.05) is 50.5 Å². The molecule has 24 heavy (non-hydrogen) atoms. The third kappa shape index (κ3) is 4.00. The molecule has 0 aromatic carbocycles. The fourth-order valence-corrected chi connectivity index (χ4v) is 3.70. The fraction of sp³-hybridized carbons (Fsp3) is 0.789. The van der Waals surface area contributed by atoms with E-state index in [2.05, 4.69) is 53.2 Å². The van der Waals surface area contributed by atoms with Crippen molar-refractivity contribution < 1.29 is 4.79 Å². The van der Waals surface area contributed by atoms with Gasteiger partial charge in [0.15, 0.2) is 0 Å². The third-order valence-corrected chi connectivity index (χ3v) is 5.40. The van der Waals surface area contributed by atoms with Gasteiger partial charge in [0.1, 0.15) is 5.82 Å². The van der Waals surface area contributed by atoms with E-state index in [0.717, 1.165) is 37.9 Å². The largest absolute Gasteiger partial charge is 0.338 e. The molecule has 0 unspecified atom stereocenters. The Morgan fingerprint density at radius 1 is 1.25 bits per heavy atom. The Kier molecular flexibility index (Phi) is 5.28. The lowest BCUT2D eigenvalue weighted by Gasteiger charge is -2.35. The van der Waals surface area contributed by atoms with Crippen molar-refractivity contribution in [2.45, 2.75) is 65.6 Å². The van der Waals surface area contributed by atoms with Crippen molar-refractivity contribution in [3.05, 3.63) is 18.2 Å². The molecule has 1 saturated carbocycles. The maximum absolute atomic E-state index is 12.7. The van der Waals surface area contributed by atoms with Crippen LogP contribution in [0.4, 0.5) is 0 Å². The summed E-state index contributed by atoms with van der Waals surface area (Å²) in [6.45, 7) is 12.5. The Bertz CT molecular complexity index is 561. The summed E-state index contributed by atoms with van der Waals surface area (Å²) in [7, 11) is 0. The monoisotopic (exact) mass is 332 g/mol. The van der Waals surface area contributed by atoms with E-state index in [9.17, 15) is 4.79 Å². The van der Waals surface area contributed by atoms with E-state index in [0.29, 0.717) is 30.3 Å². The first kappa shape index (κ1) is 17.5. The van der Waals surface area contributed by atoms with Gasteiger partial charge >= 0.3 is 0 Å². The van der Waals surface area contributed by atoms with Gasteiger partial charge in [0.25, 0.3) is 0 Å². The predicted molar refractivity (Wildman–Crippen MR) is 95.6 cm³/mol. The molecule has 0 radical (unpaired) electrons. The molecule has 1 amide bonds. The third-order valence-electron chi connectivity index (χ3n) is 5.40. The highest BCUT2D eigenvalue weighted by Crippen LogP contribution is 2.32. The molecule has 134 valence electrons. The first-order valence-corrected chi connectivity index (χ1v) is 9.49. The van der Waals surface area contributed by atoms with Gasteiger partial charge in [-0.25, -0.2) is 4.98 Å². The molecule has 5 nitrogen and oxygen atoms in total. The van der Waals surface area contributed by atoms with Gasteiger partial charge < -0.3 is 9.47 Å². The first-order valence-electron chi connectivity index (χ1n) is 9.49. The highest BCUT2D eigenvalue weighted by molar-refractivity contribution is 5.77. The second kappa shape index (κ2) is 7.26. The van der Waals surface area contributed by atoms with Crippen LogP contribution in [-0.2, 0) is 11.3 Å². The van der Waals surface area contributed by atoms with Crippen molar-refractivity contribution in [1.82, 2.24) is 19.4 Å². The molecule has 1 aliphatic carbocycles. The lowest BCUT2D eigenvalue weighted by atomic mass is 10.0. The van der Waals surface area contributed by atoms with Crippen molar-refractivity contribution in [1.29, 1.82) is 0 Å². The molecule has 1 aliphatic heterocycles. The van der Waals surface area contributed by atoms with Crippen molar-refractivity contribution in [2.75, 3.05) is 19.6 Å². The molecule has 1 aromatic rings. The Morgan fingerprint density at radius 3 is 2.62 bits per heavy atom. The Morgan fingerprint density at radius 2 is 2.00 bits per heavy atom. The van der Waals surface area contributed by atoms with Crippen LogP contribution in [0.1, 0.15) is 58.8 Å². The average Bonchev–Trinajstić information content (AvgIpc) is 3.25. The standard InChI is InChI=1S/C19H32N4O/c1-14(2)17-12-21(13-18-20-8-10-22(18)15(3)4)9-7-19(24)23(17)11-16-5-6-16/h8,10,14-17H,5-7,9,11-13H2,1-4H3/t17-/m0/s1. The molecule has 2 aliphatic rings. The smallest absolute Gasteiger partial charge is 0.224 e. The lowest BCUT2D eigenvalue weighted by molar-refractivity contribution is -0.133. The second-order valence-corrected chi connectivity index (χ2v) is 8.13. The summed E-state index contributed by atoms with van der Waals surface area (Å²) < 4.78 is 2.24. The number of carbonyl (C=O) groups is 1. The van der Waals surface area contributed by atoms with Crippen LogP contribution in [0.15, 0.2) is 12.4 Å². The summed E-state index contributed by atoms with van der Waals surface area (Å²) >= 11 is 0. The van der Waals surface area contributed by atoms with E-state index >= 15 is 0 Å². The van der Waals surface area contributed by atoms with Crippen molar-refractivity contribution in [3.63, 3.8) is 0 Å². The number of imidazole rings is 1. The fourth-order valence-electron chi connectivity index (χ4n) is 3.70. The van der Waals surface area contributed by atoms with Gasteiger partial charge in [0.05, 0.1) is 6.54 Å². The molecule has 0 bridgehead atoms. The molecule has 5 heteroatoms. The summed E-state index contributed by atoms with van der Waals surface area (Å²) in [5.41, 5.74) is 0. The zero-order valence-electron chi connectivity index (χ0n) is 15.6. The van der Waals surface area contributed by atoms with Gasteiger partial charge in [-0.1, -0.05) is 13.8 Å². The van der Waals surface area contributed by atoms with Crippen LogP contribution in [-0.4, -0.2) is 50.9 Å². The van der Waals surface area contributed by atoms with Gasteiger partial charge in [-0.2, -0.15) is 0 Å². The molecule has 0 N–H and O–H groups in total. The normalized spacial score (nSPS) is 23.3. The highest BCUT2D eigenvalue weighted by atomic mass is 16.2. The quantitative estimate of drug-likeness (QED) is 0.804. The Hall–Kier alpha value is -1.36. The molecule has 1 saturated heterocycles. The summed E-state index contributed by atoms with van der Waals surface area (Å²) in [6, 6.07) is 0.742. The molecule has 1 aromatic heterocycles. The van der Waals surface area contributed by atoms with Crippen LogP contribution in [0.3, 0.4) is 0 Å². The summed E-state index contributed by atoms with van der Waals surface area (Å²) in [6.07, 6.45) is 7.17. The Labute approximate surface area is 146 Å². The second-order valence-electron chi connectivity index (χ2n) is 8.13. The highest BCUT2D eigenvalue weighted by Gasteiger charge is 2.35. The number of rotatable bonds is 6. The van der Waals surface area contributed by atoms with Crippen LogP contribution >= 0.6 is 0 Å². The maximum atomic E-state index is 12.7. The van der Waals surface area contributed by atoms with Gasteiger partial charge in [-0.15, -0.1) is 0 Å². The number of carbonyl (C=O) groups excluding carboxylic acids is 1. The zero-order chi connectivity index (χ0) is 17.3. The molecule has 2 fully saturated rings. The SMILES string of the molecule is CC(C)[C@@H]1CN(Cc2nccn2C(C)C)CCC(=O)N1CC1CC1.